The molecule has 0 aliphatic rings. The molecule has 134 valence electrons. The van der Waals surface area contributed by atoms with Crippen LogP contribution in [0.2, 0.25) is 0 Å². The Balaban J connectivity index is -0.000000106. The third kappa shape index (κ3) is 37.2. The van der Waals surface area contributed by atoms with Gasteiger partial charge in [-0.3, -0.25) is 4.98 Å². The third-order valence-electron chi connectivity index (χ3n) is 1.90. The number of hydrogen-bond donors (Lipinski definition) is 0. The summed E-state index contributed by atoms with van der Waals surface area (Å²) < 4.78 is 0. The first-order valence-electron chi connectivity index (χ1n) is 7.62. The largest absolute Gasteiger partial charge is 1.00 e. The van der Waals surface area contributed by atoms with Crippen LogP contribution in [0.15, 0.2) is 30.6 Å². The summed E-state index contributed by atoms with van der Waals surface area (Å²) in [5.41, 5.74) is 3.61. The predicted molar refractivity (Wildman–Crippen MR) is 101 cm³/mol. The number of nitrogens with zero attached hydrogens (tertiary/aromatic N) is 1. The van der Waals surface area contributed by atoms with Gasteiger partial charge in [-0.25, -0.2) is 0 Å². The van der Waals surface area contributed by atoms with E-state index >= 15 is 0 Å². The maximum absolute atomic E-state index is 3.78. The van der Waals surface area contributed by atoms with Crippen molar-refractivity contribution in [2.45, 2.75) is 78.0 Å². The SMILES string of the molecule is CC(C)PC(C)C.CC(C)PC(C)C.[Cl-].[Co+].c1ccncc1. The second-order valence-corrected chi connectivity index (χ2v) is 11.3. The van der Waals surface area contributed by atoms with Crippen molar-refractivity contribution in [1.29, 1.82) is 0 Å². The molecule has 0 aliphatic heterocycles. The summed E-state index contributed by atoms with van der Waals surface area (Å²) >= 11 is 0. The molecule has 22 heavy (non-hydrogen) atoms. The summed E-state index contributed by atoms with van der Waals surface area (Å²) in [6.45, 7) is 18.2. The quantitative estimate of drug-likeness (QED) is 0.697. The molecule has 0 aliphatic carbocycles. The fourth-order valence-electron chi connectivity index (χ4n) is 1.65. The van der Waals surface area contributed by atoms with Crippen molar-refractivity contribution in [2.75, 3.05) is 0 Å². The minimum Gasteiger partial charge on any atom is -1.00 e. The van der Waals surface area contributed by atoms with Crippen molar-refractivity contribution in [3.63, 3.8) is 0 Å². The normalized spacial score (nSPS) is 9.27. The van der Waals surface area contributed by atoms with Gasteiger partial charge in [-0.15, -0.1) is 17.2 Å². The van der Waals surface area contributed by atoms with Gasteiger partial charge in [0.15, 0.2) is 0 Å². The molecule has 5 heteroatoms. The monoisotopic (exact) mass is 409 g/mol. The van der Waals surface area contributed by atoms with Crippen molar-refractivity contribution in [1.82, 2.24) is 4.98 Å². The molecule has 1 nitrogen and oxygen atoms in total. The van der Waals surface area contributed by atoms with E-state index in [1.54, 1.807) is 12.4 Å². The van der Waals surface area contributed by atoms with E-state index in [0.717, 1.165) is 39.8 Å². The van der Waals surface area contributed by atoms with E-state index in [1.807, 2.05) is 18.2 Å². The van der Waals surface area contributed by atoms with Crippen molar-refractivity contribution >= 4 is 17.2 Å². The average Bonchev–Trinajstić information content (AvgIpc) is 2.29. The van der Waals surface area contributed by atoms with E-state index in [9.17, 15) is 0 Å². The zero-order valence-corrected chi connectivity index (χ0v) is 19.2. The molecular weight excluding hydrogens is 375 g/mol. The van der Waals surface area contributed by atoms with Crippen LogP contribution in [0.25, 0.3) is 0 Å². The first-order chi connectivity index (χ1) is 9.25. The van der Waals surface area contributed by atoms with Crippen LogP contribution in [0.5, 0.6) is 0 Å². The molecular formula is C17H35ClCoNP2. The second kappa shape index (κ2) is 21.8. The standard InChI is InChI=1S/2C6H15P.C5H5N.ClH.Co/c2*1-5(2)7-6(3)4;1-2-4-6-5-3-1;;/h2*5-7H,1-4H3;1-5H;1H;/q;;;;+1/p-1. The van der Waals surface area contributed by atoms with Gasteiger partial charge in [0, 0.05) is 12.4 Å². The minimum absolute atomic E-state index is 0. The van der Waals surface area contributed by atoms with E-state index in [2.05, 4.69) is 60.4 Å². The molecule has 0 bridgehead atoms. The predicted octanol–water partition coefficient (Wildman–Crippen LogP) is 3.05. The van der Waals surface area contributed by atoms with Gasteiger partial charge < -0.3 is 12.4 Å². The molecule has 1 aromatic rings. The van der Waals surface area contributed by atoms with Crippen LogP contribution in [0.4, 0.5) is 0 Å². The van der Waals surface area contributed by atoms with Crippen molar-refractivity contribution in [3.05, 3.63) is 30.6 Å². The van der Waals surface area contributed by atoms with Crippen molar-refractivity contribution in [3.8, 4) is 0 Å². The van der Waals surface area contributed by atoms with Crippen LogP contribution >= 0.6 is 17.2 Å². The van der Waals surface area contributed by atoms with Crippen molar-refractivity contribution < 1.29 is 29.2 Å². The summed E-state index contributed by atoms with van der Waals surface area (Å²) in [5, 5.41) is 0. The number of aromatic nitrogens is 1. The molecule has 0 atom stereocenters. The molecule has 1 heterocycles. The van der Waals surface area contributed by atoms with E-state index in [4.69, 9.17) is 0 Å². The van der Waals surface area contributed by atoms with Crippen LogP contribution in [-0.2, 0) is 16.8 Å². The molecule has 0 amide bonds. The maximum atomic E-state index is 3.78. The molecule has 1 aromatic heterocycles. The van der Waals surface area contributed by atoms with Gasteiger partial charge in [-0.2, -0.15) is 0 Å². The van der Waals surface area contributed by atoms with E-state index in [0.29, 0.717) is 0 Å². The van der Waals surface area contributed by atoms with Crippen LogP contribution < -0.4 is 12.4 Å². The molecule has 0 spiro atoms. The number of hydrogen-bond acceptors (Lipinski definition) is 1. The third-order valence-corrected chi connectivity index (χ3v) is 4.57. The Hall–Kier alpha value is 0.806. The fourth-order valence-corrected chi connectivity index (χ4v) is 4.31. The number of pyridine rings is 1. The molecule has 0 fully saturated rings. The Morgan fingerprint density at radius 2 is 0.864 bits per heavy atom. The first-order valence-corrected chi connectivity index (χ1v) is 9.93. The molecule has 0 saturated heterocycles. The van der Waals surface area contributed by atoms with E-state index in [-0.39, 0.29) is 29.2 Å². The zero-order valence-electron chi connectivity index (χ0n) is 15.4. The topological polar surface area (TPSA) is 12.9 Å². The fraction of sp³-hybridized carbons (Fsp3) is 0.706. The molecule has 0 saturated carbocycles. The van der Waals surface area contributed by atoms with Gasteiger partial charge in [0.05, 0.1) is 0 Å². The first kappa shape index (κ1) is 30.7. The smallest absolute Gasteiger partial charge is 1.00 e. The van der Waals surface area contributed by atoms with Crippen LogP contribution in [0.1, 0.15) is 55.4 Å². The summed E-state index contributed by atoms with van der Waals surface area (Å²) in [6, 6.07) is 5.72. The zero-order chi connectivity index (χ0) is 16.0. The Kier molecular flexibility index (Phi) is 30.4. The average molecular weight is 410 g/mol. The maximum Gasteiger partial charge on any atom is 1.00 e. The Bertz CT molecular complexity index is 231. The van der Waals surface area contributed by atoms with E-state index < -0.39 is 0 Å². The minimum atomic E-state index is 0. The van der Waals surface area contributed by atoms with Crippen LogP contribution in [0.3, 0.4) is 0 Å². The number of rotatable bonds is 4. The van der Waals surface area contributed by atoms with Gasteiger partial charge >= 0.3 is 16.8 Å². The van der Waals surface area contributed by atoms with Gasteiger partial charge in [0.25, 0.3) is 0 Å². The van der Waals surface area contributed by atoms with Crippen LogP contribution in [-0.4, -0.2) is 27.6 Å². The van der Waals surface area contributed by atoms with Gasteiger partial charge in [-0.05, 0) is 34.8 Å². The number of halogens is 1. The van der Waals surface area contributed by atoms with Crippen molar-refractivity contribution in [2.24, 2.45) is 0 Å². The molecule has 0 radical (unpaired) electrons. The summed E-state index contributed by atoms with van der Waals surface area (Å²) in [4.78, 5) is 3.78. The van der Waals surface area contributed by atoms with Gasteiger partial charge in [0.1, 0.15) is 0 Å². The van der Waals surface area contributed by atoms with Gasteiger partial charge in [-0.1, -0.05) is 61.5 Å². The Morgan fingerprint density at radius 1 is 0.591 bits per heavy atom. The molecule has 0 aromatic carbocycles. The summed E-state index contributed by atoms with van der Waals surface area (Å²) in [7, 11) is 2.29. The summed E-state index contributed by atoms with van der Waals surface area (Å²) in [5.74, 6) is 0. The molecule has 0 N–H and O–H groups in total. The van der Waals surface area contributed by atoms with E-state index in [1.165, 1.54) is 0 Å². The Morgan fingerprint density at radius 3 is 0.909 bits per heavy atom. The molecule has 1 rings (SSSR count). The van der Waals surface area contributed by atoms with Gasteiger partial charge in [0.2, 0.25) is 0 Å². The van der Waals surface area contributed by atoms with Crippen LogP contribution in [0, 0.1) is 0 Å². The summed E-state index contributed by atoms with van der Waals surface area (Å²) in [6.07, 6.45) is 3.50. The molecule has 0 unspecified atom stereocenters. The second-order valence-electron chi connectivity index (χ2n) is 5.98. The Labute approximate surface area is 159 Å².